The van der Waals surface area contributed by atoms with Crippen LogP contribution in [0.25, 0.3) is 28.2 Å². The molecular weight excluding hydrogens is 430 g/mol. The topological polar surface area (TPSA) is 36.4 Å². The van der Waals surface area contributed by atoms with E-state index in [9.17, 15) is 4.79 Å². The van der Waals surface area contributed by atoms with Gasteiger partial charge in [0.15, 0.2) is 0 Å². The molecule has 0 N–H and O–H groups in total. The van der Waals surface area contributed by atoms with E-state index in [2.05, 4.69) is 73.4 Å². The van der Waals surface area contributed by atoms with E-state index in [-0.39, 0.29) is 5.91 Å². The molecule has 4 heteroatoms. The number of hydrogen-bond acceptors (Lipinski definition) is 3. The molecule has 0 radical (unpaired) electrons. The van der Waals surface area contributed by atoms with Crippen molar-refractivity contribution in [3.05, 3.63) is 107 Å². The Kier molecular flexibility index (Phi) is 6.73. The van der Waals surface area contributed by atoms with Gasteiger partial charge in [0.05, 0.1) is 16.8 Å². The fourth-order valence-corrected chi connectivity index (χ4v) is 4.61. The molecule has 1 aliphatic rings. The number of pyridine rings is 1. The van der Waals surface area contributed by atoms with Crippen LogP contribution >= 0.6 is 0 Å². The summed E-state index contributed by atoms with van der Waals surface area (Å²) in [6.45, 7) is 8.32. The summed E-state index contributed by atoms with van der Waals surface area (Å²) in [6, 6.07) is 26.7. The summed E-state index contributed by atoms with van der Waals surface area (Å²) in [4.78, 5) is 23.0. The van der Waals surface area contributed by atoms with Crippen LogP contribution in [-0.2, 0) is 0 Å². The Bertz CT molecular complexity index is 1370. The molecule has 5 rings (SSSR count). The Morgan fingerprint density at radius 1 is 0.857 bits per heavy atom. The van der Waals surface area contributed by atoms with E-state index < -0.39 is 0 Å². The van der Waals surface area contributed by atoms with E-state index in [1.54, 1.807) is 0 Å². The first-order valence-corrected chi connectivity index (χ1v) is 12.3. The zero-order chi connectivity index (χ0) is 24.2. The Labute approximate surface area is 207 Å². The minimum atomic E-state index is 0.0909. The Morgan fingerprint density at radius 2 is 1.60 bits per heavy atom. The number of benzene rings is 3. The van der Waals surface area contributed by atoms with Crippen LogP contribution in [0.15, 0.2) is 84.9 Å². The highest BCUT2D eigenvalue weighted by molar-refractivity contribution is 6.07. The van der Waals surface area contributed by atoms with Gasteiger partial charge in [0, 0.05) is 43.7 Å². The highest BCUT2D eigenvalue weighted by Crippen LogP contribution is 2.27. The molecule has 35 heavy (non-hydrogen) atoms. The predicted molar refractivity (Wildman–Crippen MR) is 144 cm³/mol. The van der Waals surface area contributed by atoms with Crippen LogP contribution in [-0.4, -0.2) is 53.4 Å². The molecular formula is C31H31N3O. The molecule has 1 aliphatic heterocycles. The third-order valence-corrected chi connectivity index (χ3v) is 6.88. The van der Waals surface area contributed by atoms with E-state index in [0.29, 0.717) is 0 Å². The van der Waals surface area contributed by atoms with Gasteiger partial charge in [-0.3, -0.25) is 9.69 Å². The molecule has 0 atom stereocenters. The van der Waals surface area contributed by atoms with Crippen molar-refractivity contribution in [1.29, 1.82) is 0 Å². The number of piperazine rings is 1. The number of amides is 1. The van der Waals surface area contributed by atoms with Crippen LogP contribution in [0.1, 0.15) is 27.0 Å². The first-order chi connectivity index (χ1) is 17.1. The number of hydrogen-bond donors (Lipinski definition) is 0. The standard InChI is InChI=1S/C31H31N3O/c1-23-14-15-26(21-24(23)2)30-22-28(27-12-6-7-13-29(27)32-30)31(35)34-19-17-33(18-20-34)16-8-11-25-9-4-3-5-10-25/h3-15,21-22H,16-20H2,1-2H3/b11-8+. The summed E-state index contributed by atoms with van der Waals surface area (Å²) in [7, 11) is 0. The first kappa shape index (κ1) is 23.0. The number of carbonyl (C=O) groups excluding carboxylic acids is 1. The van der Waals surface area contributed by atoms with Gasteiger partial charge in [0.25, 0.3) is 5.91 Å². The molecule has 1 saturated heterocycles. The lowest BCUT2D eigenvalue weighted by Crippen LogP contribution is -2.48. The lowest BCUT2D eigenvalue weighted by Gasteiger charge is -2.34. The SMILES string of the molecule is Cc1ccc(-c2cc(C(=O)N3CCN(C/C=C/c4ccccc4)CC3)c3ccccc3n2)cc1C. The highest BCUT2D eigenvalue weighted by atomic mass is 16.2. The van der Waals surface area contributed by atoms with Gasteiger partial charge in [0.1, 0.15) is 0 Å². The lowest BCUT2D eigenvalue weighted by atomic mass is 10.00. The zero-order valence-corrected chi connectivity index (χ0v) is 20.4. The van der Waals surface area contributed by atoms with Crippen molar-refractivity contribution in [2.45, 2.75) is 13.8 Å². The van der Waals surface area contributed by atoms with Crippen molar-refractivity contribution in [3.8, 4) is 11.3 Å². The second-order valence-corrected chi connectivity index (χ2v) is 9.28. The van der Waals surface area contributed by atoms with Crippen molar-refractivity contribution in [2.24, 2.45) is 0 Å². The molecule has 0 bridgehead atoms. The van der Waals surface area contributed by atoms with Crippen LogP contribution in [0.5, 0.6) is 0 Å². The Morgan fingerprint density at radius 3 is 2.37 bits per heavy atom. The van der Waals surface area contributed by atoms with Gasteiger partial charge < -0.3 is 4.90 Å². The maximum Gasteiger partial charge on any atom is 0.254 e. The average molecular weight is 462 g/mol. The monoisotopic (exact) mass is 461 g/mol. The molecule has 176 valence electrons. The number of aromatic nitrogens is 1. The van der Waals surface area contributed by atoms with E-state index in [1.807, 2.05) is 41.3 Å². The summed E-state index contributed by atoms with van der Waals surface area (Å²) in [6.07, 6.45) is 4.37. The average Bonchev–Trinajstić information content (AvgIpc) is 2.90. The molecule has 0 spiro atoms. The van der Waals surface area contributed by atoms with Gasteiger partial charge in [-0.15, -0.1) is 0 Å². The summed E-state index contributed by atoms with van der Waals surface area (Å²) in [5.41, 5.74) is 7.18. The number of para-hydroxylation sites is 1. The zero-order valence-electron chi connectivity index (χ0n) is 20.4. The second kappa shape index (κ2) is 10.2. The van der Waals surface area contributed by atoms with Crippen molar-refractivity contribution < 1.29 is 4.79 Å². The van der Waals surface area contributed by atoms with Gasteiger partial charge in [0.2, 0.25) is 0 Å². The van der Waals surface area contributed by atoms with E-state index >= 15 is 0 Å². The molecule has 4 aromatic rings. The summed E-state index contributed by atoms with van der Waals surface area (Å²) >= 11 is 0. The van der Waals surface area contributed by atoms with Crippen molar-refractivity contribution in [2.75, 3.05) is 32.7 Å². The normalized spacial score (nSPS) is 14.6. The lowest BCUT2D eigenvalue weighted by molar-refractivity contribution is 0.0652. The van der Waals surface area contributed by atoms with Crippen LogP contribution < -0.4 is 0 Å². The maximum absolute atomic E-state index is 13.7. The van der Waals surface area contributed by atoms with E-state index in [1.165, 1.54) is 16.7 Å². The van der Waals surface area contributed by atoms with Gasteiger partial charge in [-0.25, -0.2) is 4.98 Å². The molecule has 1 aromatic heterocycles. The van der Waals surface area contributed by atoms with Gasteiger partial charge in [-0.05, 0) is 48.7 Å². The number of fused-ring (bicyclic) bond motifs is 1. The van der Waals surface area contributed by atoms with Crippen LogP contribution in [0, 0.1) is 13.8 Å². The van der Waals surface area contributed by atoms with Crippen molar-refractivity contribution in [3.63, 3.8) is 0 Å². The largest absolute Gasteiger partial charge is 0.336 e. The van der Waals surface area contributed by atoms with E-state index in [0.717, 1.165) is 60.4 Å². The molecule has 3 aromatic carbocycles. The Balaban J connectivity index is 1.33. The third kappa shape index (κ3) is 5.18. The number of carbonyl (C=O) groups is 1. The van der Waals surface area contributed by atoms with E-state index in [4.69, 9.17) is 4.98 Å². The van der Waals surface area contributed by atoms with Crippen molar-refractivity contribution in [1.82, 2.24) is 14.8 Å². The van der Waals surface area contributed by atoms with Crippen LogP contribution in [0.4, 0.5) is 0 Å². The van der Waals surface area contributed by atoms with Crippen LogP contribution in [0.2, 0.25) is 0 Å². The number of aryl methyl sites for hydroxylation is 2. The minimum Gasteiger partial charge on any atom is -0.336 e. The van der Waals surface area contributed by atoms with Crippen molar-refractivity contribution >= 4 is 22.9 Å². The number of rotatable bonds is 5. The summed E-state index contributed by atoms with van der Waals surface area (Å²) < 4.78 is 0. The first-order valence-electron chi connectivity index (χ1n) is 12.3. The number of nitrogens with zero attached hydrogens (tertiary/aromatic N) is 3. The smallest absolute Gasteiger partial charge is 0.254 e. The third-order valence-electron chi connectivity index (χ3n) is 6.88. The maximum atomic E-state index is 13.7. The summed E-state index contributed by atoms with van der Waals surface area (Å²) in [5, 5.41) is 0.915. The fraction of sp³-hybridized carbons (Fsp3) is 0.226. The Hall–Kier alpha value is -3.76. The predicted octanol–water partition coefficient (Wildman–Crippen LogP) is 5.99. The van der Waals surface area contributed by atoms with Gasteiger partial charge in [-0.2, -0.15) is 0 Å². The van der Waals surface area contributed by atoms with Gasteiger partial charge >= 0.3 is 0 Å². The molecule has 0 saturated carbocycles. The molecule has 0 unspecified atom stereocenters. The second-order valence-electron chi connectivity index (χ2n) is 9.28. The minimum absolute atomic E-state index is 0.0909. The molecule has 0 aliphatic carbocycles. The fourth-order valence-electron chi connectivity index (χ4n) is 4.61. The van der Waals surface area contributed by atoms with Crippen LogP contribution in [0.3, 0.4) is 0 Å². The molecule has 2 heterocycles. The summed E-state index contributed by atoms with van der Waals surface area (Å²) in [5.74, 6) is 0.0909. The van der Waals surface area contributed by atoms with Gasteiger partial charge in [-0.1, -0.05) is 72.8 Å². The molecule has 1 amide bonds. The highest BCUT2D eigenvalue weighted by Gasteiger charge is 2.24. The molecule has 1 fully saturated rings. The quantitative estimate of drug-likeness (QED) is 0.366. The molecule has 4 nitrogen and oxygen atoms in total.